The summed E-state index contributed by atoms with van der Waals surface area (Å²) >= 11 is 0. The summed E-state index contributed by atoms with van der Waals surface area (Å²) in [7, 11) is -7.07. The lowest BCUT2D eigenvalue weighted by Crippen LogP contribution is -2.15. The normalized spacial score (nSPS) is 19.0. The van der Waals surface area contributed by atoms with Gasteiger partial charge in [-0.1, -0.05) is 36.4 Å². The van der Waals surface area contributed by atoms with Crippen molar-refractivity contribution in [1.29, 1.82) is 0 Å². The van der Waals surface area contributed by atoms with Gasteiger partial charge in [-0.25, -0.2) is 8.42 Å². The van der Waals surface area contributed by atoms with Crippen molar-refractivity contribution in [3.05, 3.63) is 84.2 Å². The second kappa shape index (κ2) is 7.21. The molecule has 8 heteroatoms. The molecule has 0 saturated carbocycles. The van der Waals surface area contributed by atoms with Gasteiger partial charge in [0, 0.05) is 18.0 Å². The molecule has 1 unspecified atom stereocenters. The molecule has 1 atom stereocenters. The summed E-state index contributed by atoms with van der Waals surface area (Å²) in [4.78, 5) is 4.36. The summed E-state index contributed by atoms with van der Waals surface area (Å²) in [5.74, 6) is 0.0134. The molecule has 0 amide bonds. The highest BCUT2D eigenvalue weighted by Crippen LogP contribution is 2.64. The number of pyridine rings is 1. The van der Waals surface area contributed by atoms with Gasteiger partial charge in [0.1, 0.15) is 22.5 Å². The summed E-state index contributed by atoms with van der Waals surface area (Å²) in [5.41, 5.74) is 1.20. The van der Waals surface area contributed by atoms with E-state index in [0.29, 0.717) is 5.56 Å². The Morgan fingerprint density at radius 3 is 2.54 bits per heavy atom. The minimum atomic E-state index is -3.77. The molecular weight excluding hydrogens is 398 g/mol. The lowest BCUT2D eigenvalue weighted by molar-refractivity contribution is 0.296. The quantitative estimate of drug-likeness (QED) is 0.642. The Morgan fingerprint density at radius 1 is 1.04 bits per heavy atom. The van der Waals surface area contributed by atoms with E-state index in [-0.39, 0.29) is 27.9 Å². The molecule has 3 aromatic rings. The van der Waals surface area contributed by atoms with E-state index in [1.54, 1.807) is 54.9 Å². The Morgan fingerprint density at radius 2 is 1.82 bits per heavy atom. The fourth-order valence-electron chi connectivity index (χ4n) is 3.31. The van der Waals surface area contributed by atoms with E-state index in [1.807, 2.05) is 6.07 Å². The molecule has 2 aromatic carbocycles. The first-order chi connectivity index (χ1) is 13.4. The molecule has 0 spiro atoms. The molecule has 0 fully saturated rings. The van der Waals surface area contributed by atoms with Crippen LogP contribution in [0.4, 0.5) is 0 Å². The van der Waals surface area contributed by atoms with Gasteiger partial charge in [0.15, 0.2) is 9.84 Å². The molecule has 0 aliphatic carbocycles. The van der Waals surface area contributed by atoms with Gasteiger partial charge < -0.3 is 4.74 Å². The number of nitrogens with zero attached hydrogens (tertiary/aromatic N) is 1. The predicted octanol–water partition coefficient (Wildman–Crippen LogP) is 4.30. The van der Waals surface area contributed by atoms with E-state index in [1.165, 1.54) is 12.1 Å². The average molecular weight is 418 g/mol. The number of hydrogen-bond acceptors (Lipinski definition) is 6. The Labute approximate surface area is 165 Å². The molecule has 0 radical (unpaired) electrons. The number of rotatable bonds is 5. The molecule has 28 heavy (non-hydrogen) atoms. The lowest BCUT2D eigenvalue weighted by atomic mass is 10.1. The monoisotopic (exact) mass is 417 g/mol. The Kier molecular flexibility index (Phi) is 4.88. The maximum Gasteiger partial charge on any atom is 0.187 e. The smallest absolute Gasteiger partial charge is 0.187 e. The van der Waals surface area contributed by atoms with Gasteiger partial charge in [-0.3, -0.25) is 14.1 Å². The van der Waals surface area contributed by atoms with Crippen molar-refractivity contribution in [2.45, 2.75) is 21.6 Å². The van der Waals surface area contributed by atoms with Crippen LogP contribution in [0.2, 0.25) is 0 Å². The van der Waals surface area contributed by atoms with Crippen LogP contribution >= 0.6 is 10.6 Å². The first kappa shape index (κ1) is 18.9. The third kappa shape index (κ3) is 3.40. The van der Waals surface area contributed by atoms with E-state index >= 15 is 0 Å². The van der Waals surface area contributed by atoms with Crippen LogP contribution < -0.4 is 4.74 Å². The fraction of sp³-hybridized carbons (Fsp3) is 0.150. The van der Waals surface area contributed by atoms with Gasteiger partial charge in [-0.2, -0.15) is 10.6 Å². The molecule has 6 nitrogen and oxygen atoms in total. The van der Waals surface area contributed by atoms with Gasteiger partial charge >= 0.3 is 0 Å². The number of ether oxygens (including phenoxy) is 1. The second-order valence-corrected chi connectivity index (χ2v) is 10.7. The third-order valence-corrected chi connectivity index (χ3v) is 8.83. The van der Waals surface area contributed by atoms with Gasteiger partial charge in [0.2, 0.25) is 0 Å². The van der Waals surface area contributed by atoms with Gasteiger partial charge in [0.25, 0.3) is 0 Å². The van der Waals surface area contributed by atoms with E-state index in [9.17, 15) is 17.5 Å². The minimum Gasteiger partial charge on any atom is -0.487 e. The SMILES string of the molecule is O=S(=O)(c1ccccc1)C1CS(O)(O)c2c(OCc3cccnc3)cccc21. The fourth-order valence-corrected chi connectivity index (χ4v) is 7.87. The molecule has 1 aliphatic rings. The van der Waals surface area contributed by atoms with Crippen LogP contribution in [0.15, 0.2) is 82.8 Å². The molecule has 0 saturated heterocycles. The van der Waals surface area contributed by atoms with E-state index in [4.69, 9.17) is 4.74 Å². The average Bonchev–Trinajstić information content (AvgIpc) is 3.00. The first-order valence-corrected chi connectivity index (χ1v) is 11.9. The standard InChI is InChI=1S/C20H19NO5S2/c22-27(23)14-19(28(24,25)16-7-2-1-3-8-16)17-9-4-10-18(20(17)27)26-13-15-6-5-11-21-12-15/h1-12,19,22-23H,13-14H2. The largest absolute Gasteiger partial charge is 0.487 e. The van der Waals surface area contributed by atoms with Crippen LogP contribution in [-0.4, -0.2) is 28.3 Å². The number of sulfone groups is 1. The van der Waals surface area contributed by atoms with Crippen molar-refractivity contribution in [2.75, 3.05) is 5.75 Å². The number of fused-ring (bicyclic) bond motifs is 1. The molecule has 2 N–H and O–H groups in total. The number of hydrogen-bond donors (Lipinski definition) is 2. The Hall–Kier alpha value is -2.39. The highest BCUT2D eigenvalue weighted by molar-refractivity contribution is 8.25. The molecule has 0 bridgehead atoms. The molecule has 1 aromatic heterocycles. The summed E-state index contributed by atoms with van der Waals surface area (Å²) in [6, 6.07) is 16.6. The molecule has 4 rings (SSSR count). The maximum atomic E-state index is 13.1. The maximum absolute atomic E-state index is 13.1. The zero-order valence-corrected chi connectivity index (χ0v) is 16.4. The van der Waals surface area contributed by atoms with Crippen molar-refractivity contribution in [3.8, 4) is 5.75 Å². The molecular formula is C20H19NO5S2. The number of aromatic nitrogens is 1. The van der Waals surface area contributed by atoms with Crippen molar-refractivity contribution in [2.24, 2.45) is 0 Å². The second-order valence-electron chi connectivity index (χ2n) is 6.50. The van der Waals surface area contributed by atoms with Crippen LogP contribution in [-0.2, 0) is 16.4 Å². The third-order valence-electron chi connectivity index (χ3n) is 4.63. The predicted molar refractivity (Wildman–Crippen MR) is 107 cm³/mol. The van der Waals surface area contributed by atoms with Crippen LogP contribution in [0.3, 0.4) is 0 Å². The summed E-state index contributed by atoms with van der Waals surface area (Å²) in [6.45, 7) is 0.190. The number of benzene rings is 2. The Balaban J connectivity index is 1.72. The summed E-state index contributed by atoms with van der Waals surface area (Å²) in [5, 5.41) is -1.03. The highest BCUT2D eigenvalue weighted by Gasteiger charge is 2.44. The molecule has 146 valence electrons. The lowest BCUT2D eigenvalue weighted by Gasteiger charge is -2.29. The zero-order chi connectivity index (χ0) is 19.8. The zero-order valence-electron chi connectivity index (χ0n) is 14.8. The van der Waals surface area contributed by atoms with Crippen molar-refractivity contribution < 1.29 is 22.3 Å². The van der Waals surface area contributed by atoms with E-state index < -0.39 is 25.7 Å². The van der Waals surface area contributed by atoms with Crippen LogP contribution in [0.25, 0.3) is 0 Å². The van der Waals surface area contributed by atoms with Crippen LogP contribution in [0.1, 0.15) is 16.4 Å². The van der Waals surface area contributed by atoms with E-state index in [0.717, 1.165) is 5.56 Å². The van der Waals surface area contributed by atoms with Gasteiger partial charge in [0.05, 0.1) is 10.6 Å². The Bertz CT molecular complexity index is 1090. The first-order valence-electron chi connectivity index (χ1n) is 8.59. The van der Waals surface area contributed by atoms with Gasteiger partial charge in [-0.05, 0) is 29.8 Å². The van der Waals surface area contributed by atoms with Crippen LogP contribution in [0.5, 0.6) is 5.75 Å². The van der Waals surface area contributed by atoms with Crippen molar-refractivity contribution in [3.63, 3.8) is 0 Å². The van der Waals surface area contributed by atoms with Crippen molar-refractivity contribution in [1.82, 2.24) is 4.98 Å². The summed E-state index contributed by atoms with van der Waals surface area (Å²) < 4.78 is 53.4. The van der Waals surface area contributed by atoms with Crippen molar-refractivity contribution >= 4 is 20.4 Å². The minimum absolute atomic E-state index is 0.157. The molecule has 1 aliphatic heterocycles. The topological polar surface area (TPSA) is 96.7 Å². The highest BCUT2D eigenvalue weighted by atomic mass is 32.3. The van der Waals surface area contributed by atoms with Crippen LogP contribution in [0, 0.1) is 0 Å². The van der Waals surface area contributed by atoms with E-state index in [2.05, 4.69) is 4.98 Å². The molecule has 2 heterocycles. The van der Waals surface area contributed by atoms with Gasteiger partial charge in [-0.15, -0.1) is 0 Å². The summed E-state index contributed by atoms with van der Waals surface area (Å²) in [6.07, 6.45) is 3.31.